The van der Waals surface area contributed by atoms with Crippen molar-refractivity contribution in [2.24, 2.45) is 10.9 Å². The highest BCUT2D eigenvalue weighted by Crippen LogP contribution is 1.68. The van der Waals surface area contributed by atoms with Crippen molar-refractivity contribution in [2.45, 2.75) is 6.92 Å². The molecule has 0 fully saturated rings. The summed E-state index contributed by atoms with van der Waals surface area (Å²) in [4.78, 5) is 0. The van der Waals surface area contributed by atoms with Gasteiger partial charge in [-0.05, 0) is 13.0 Å². The number of nitrogens with two attached hydrogens (primary N) is 1. The van der Waals surface area contributed by atoms with Gasteiger partial charge in [-0.25, -0.2) is 11.0 Å². The van der Waals surface area contributed by atoms with Gasteiger partial charge in [-0.2, -0.15) is 5.10 Å². The van der Waals surface area contributed by atoms with Crippen LogP contribution < -0.4 is 5.84 Å². The van der Waals surface area contributed by atoms with Crippen molar-refractivity contribution in [1.82, 2.24) is 5.12 Å². The van der Waals surface area contributed by atoms with Crippen LogP contribution in [0.1, 0.15) is 6.92 Å². The third-order valence-electron chi connectivity index (χ3n) is 0.527. The fourth-order valence-electron chi connectivity index (χ4n) is 0.230. The van der Waals surface area contributed by atoms with Crippen molar-refractivity contribution >= 4 is 6.21 Å². The Morgan fingerprint density at radius 3 is 2.62 bits per heavy atom. The number of hydrazine groups is 1. The maximum absolute atomic E-state index is 5.13. The Hall–Kier alpha value is -0.830. The molecular formula is C5H11N3. The minimum Gasteiger partial charge on any atom is -0.236 e. The van der Waals surface area contributed by atoms with Gasteiger partial charge in [0.05, 0.1) is 0 Å². The first-order valence-corrected chi connectivity index (χ1v) is 2.41. The van der Waals surface area contributed by atoms with E-state index in [1.165, 1.54) is 5.12 Å². The molecular weight excluding hydrogens is 102 g/mol. The molecule has 46 valence electrons. The molecule has 8 heavy (non-hydrogen) atoms. The molecule has 0 aliphatic rings. The normalized spacial score (nSPS) is 11.4. The third-order valence-corrected chi connectivity index (χ3v) is 0.527. The molecule has 0 aromatic heterocycles. The van der Waals surface area contributed by atoms with E-state index in [1.54, 1.807) is 13.3 Å². The van der Waals surface area contributed by atoms with Crippen LogP contribution in [0.4, 0.5) is 0 Å². The van der Waals surface area contributed by atoms with E-state index in [2.05, 4.69) is 5.10 Å². The molecule has 0 saturated heterocycles. The van der Waals surface area contributed by atoms with Gasteiger partial charge in [0, 0.05) is 13.3 Å². The largest absolute Gasteiger partial charge is 0.236 e. The summed E-state index contributed by atoms with van der Waals surface area (Å²) in [6, 6.07) is 0. The predicted molar refractivity (Wildman–Crippen MR) is 35.3 cm³/mol. The third kappa shape index (κ3) is 5.17. The Morgan fingerprint density at radius 2 is 2.25 bits per heavy atom. The quantitative estimate of drug-likeness (QED) is 0.319. The van der Waals surface area contributed by atoms with Crippen LogP contribution in [0.15, 0.2) is 17.3 Å². The van der Waals surface area contributed by atoms with Crippen molar-refractivity contribution in [1.29, 1.82) is 0 Å². The molecule has 0 heterocycles. The monoisotopic (exact) mass is 113 g/mol. The zero-order chi connectivity index (χ0) is 6.41. The number of hydrazone groups is 1. The van der Waals surface area contributed by atoms with Gasteiger partial charge < -0.3 is 0 Å². The Labute approximate surface area is 49.4 Å². The Morgan fingerprint density at radius 1 is 1.62 bits per heavy atom. The summed E-state index contributed by atoms with van der Waals surface area (Å²) in [5.74, 6) is 5.13. The van der Waals surface area contributed by atoms with Crippen molar-refractivity contribution in [3.8, 4) is 0 Å². The number of hydrogen-bond acceptors (Lipinski definition) is 3. The van der Waals surface area contributed by atoms with E-state index < -0.39 is 0 Å². The second kappa shape index (κ2) is 4.33. The van der Waals surface area contributed by atoms with Crippen LogP contribution in [-0.2, 0) is 0 Å². The highest BCUT2D eigenvalue weighted by atomic mass is 15.6. The highest BCUT2D eigenvalue weighted by molar-refractivity contribution is 5.70. The van der Waals surface area contributed by atoms with E-state index in [4.69, 9.17) is 5.84 Å². The molecule has 0 aliphatic heterocycles. The zero-order valence-corrected chi connectivity index (χ0v) is 5.20. The lowest BCUT2D eigenvalue weighted by molar-refractivity contribution is 0.374. The van der Waals surface area contributed by atoms with Crippen molar-refractivity contribution in [3.63, 3.8) is 0 Å². The Balaban J connectivity index is 3.34. The van der Waals surface area contributed by atoms with Crippen LogP contribution in [0, 0.1) is 0 Å². The average Bonchev–Trinajstić information content (AvgIpc) is 1.66. The number of rotatable bonds is 2. The highest BCUT2D eigenvalue weighted by Gasteiger charge is 1.68. The molecule has 0 unspecified atom stereocenters. The van der Waals surface area contributed by atoms with E-state index in [-0.39, 0.29) is 0 Å². The molecule has 0 bridgehead atoms. The molecule has 0 aromatic carbocycles. The van der Waals surface area contributed by atoms with Gasteiger partial charge in [0.1, 0.15) is 0 Å². The molecule has 0 radical (unpaired) electrons. The lowest BCUT2D eigenvalue weighted by Crippen LogP contribution is -2.18. The van der Waals surface area contributed by atoms with Crippen molar-refractivity contribution in [3.05, 3.63) is 12.2 Å². The molecule has 0 atom stereocenters. The Kier molecular flexibility index (Phi) is 3.88. The topological polar surface area (TPSA) is 41.6 Å². The number of allylic oxidation sites excluding steroid dienone is 2. The summed E-state index contributed by atoms with van der Waals surface area (Å²) in [7, 11) is 1.67. The van der Waals surface area contributed by atoms with Crippen LogP contribution in [-0.4, -0.2) is 18.4 Å². The van der Waals surface area contributed by atoms with Crippen LogP contribution in [0.25, 0.3) is 0 Å². The van der Waals surface area contributed by atoms with Gasteiger partial charge in [-0.15, -0.1) is 0 Å². The van der Waals surface area contributed by atoms with Crippen LogP contribution in [0.2, 0.25) is 0 Å². The number of hydrogen-bond donors (Lipinski definition) is 1. The molecule has 3 nitrogen and oxygen atoms in total. The summed E-state index contributed by atoms with van der Waals surface area (Å²) in [5.41, 5.74) is 0. The van der Waals surface area contributed by atoms with Gasteiger partial charge in [0.15, 0.2) is 0 Å². The summed E-state index contributed by atoms with van der Waals surface area (Å²) in [6.45, 7) is 1.92. The van der Waals surface area contributed by atoms with Crippen molar-refractivity contribution in [2.75, 3.05) is 7.05 Å². The van der Waals surface area contributed by atoms with Gasteiger partial charge in [-0.3, -0.25) is 0 Å². The van der Waals surface area contributed by atoms with E-state index >= 15 is 0 Å². The molecule has 0 aromatic rings. The second-order valence-electron chi connectivity index (χ2n) is 1.36. The lowest BCUT2D eigenvalue weighted by atomic mass is 10.6. The van der Waals surface area contributed by atoms with E-state index in [0.717, 1.165) is 0 Å². The van der Waals surface area contributed by atoms with E-state index in [0.29, 0.717) is 0 Å². The fourth-order valence-corrected chi connectivity index (χ4v) is 0.230. The molecule has 0 amide bonds. The van der Waals surface area contributed by atoms with E-state index in [9.17, 15) is 0 Å². The second-order valence-corrected chi connectivity index (χ2v) is 1.36. The van der Waals surface area contributed by atoms with E-state index in [1.807, 2.05) is 19.1 Å². The predicted octanol–water partition coefficient (Wildman–Crippen LogP) is 0.354. The molecule has 2 N–H and O–H groups in total. The van der Waals surface area contributed by atoms with Gasteiger partial charge in [0.25, 0.3) is 0 Å². The molecule has 0 aliphatic carbocycles. The van der Waals surface area contributed by atoms with Gasteiger partial charge in [0.2, 0.25) is 0 Å². The minimum absolute atomic E-state index is 1.25. The molecule has 3 heteroatoms. The number of nitrogens with zero attached hydrogens (tertiary/aromatic N) is 2. The lowest BCUT2D eigenvalue weighted by Gasteiger charge is -1.98. The Bertz CT molecular complexity index is 93.8. The van der Waals surface area contributed by atoms with Crippen molar-refractivity contribution < 1.29 is 0 Å². The fraction of sp³-hybridized carbons (Fsp3) is 0.400. The molecule has 0 rings (SSSR count). The summed E-state index contributed by atoms with van der Waals surface area (Å²) >= 11 is 0. The smallest absolute Gasteiger partial charge is 0.0482 e. The summed E-state index contributed by atoms with van der Waals surface area (Å²) in [6.07, 6.45) is 5.32. The van der Waals surface area contributed by atoms with Crippen LogP contribution in [0.5, 0.6) is 0 Å². The zero-order valence-electron chi connectivity index (χ0n) is 5.20. The maximum Gasteiger partial charge on any atom is 0.0482 e. The molecule has 0 spiro atoms. The summed E-state index contributed by atoms with van der Waals surface area (Å²) in [5, 5.41) is 4.96. The molecule has 0 saturated carbocycles. The first-order chi connectivity index (χ1) is 3.77. The van der Waals surface area contributed by atoms with Gasteiger partial charge >= 0.3 is 0 Å². The van der Waals surface area contributed by atoms with Gasteiger partial charge in [-0.1, -0.05) is 6.08 Å². The van der Waals surface area contributed by atoms with Crippen LogP contribution >= 0.6 is 0 Å². The minimum atomic E-state index is 1.25. The first-order valence-electron chi connectivity index (χ1n) is 2.41. The average molecular weight is 113 g/mol. The SMILES string of the molecule is C/C=C\C=N/N(C)N. The standard InChI is InChI=1S/C5H11N3/c1-3-4-5-7-8(2)6/h3-5H,6H2,1-2H3/b4-3-,7-5-. The van der Waals surface area contributed by atoms with Crippen LogP contribution in [0.3, 0.4) is 0 Å². The maximum atomic E-state index is 5.13. The summed E-state index contributed by atoms with van der Waals surface area (Å²) < 4.78 is 0. The first kappa shape index (κ1) is 7.17.